The van der Waals surface area contributed by atoms with Gasteiger partial charge in [0.25, 0.3) is 5.91 Å². The van der Waals surface area contributed by atoms with Gasteiger partial charge in [0.15, 0.2) is 5.65 Å². The Balaban J connectivity index is 1.60. The van der Waals surface area contributed by atoms with Crippen molar-refractivity contribution < 1.29 is 9.53 Å². The summed E-state index contributed by atoms with van der Waals surface area (Å²) in [6.45, 7) is 0.342. The first-order valence-corrected chi connectivity index (χ1v) is 11.1. The van der Waals surface area contributed by atoms with Crippen LogP contribution in [0.25, 0.3) is 27.9 Å². The van der Waals surface area contributed by atoms with Gasteiger partial charge < -0.3 is 15.8 Å². The first kappa shape index (κ1) is 21.0. The molecule has 33 heavy (non-hydrogen) atoms. The summed E-state index contributed by atoms with van der Waals surface area (Å²) in [4.78, 5) is 22.8. The lowest BCUT2D eigenvalue weighted by molar-refractivity contribution is 0.0953. The highest BCUT2D eigenvalue weighted by molar-refractivity contribution is 9.10. The molecule has 0 spiro atoms. The summed E-state index contributed by atoms with van der Waals surface area (Å²) in [6, 6.07) is 22.7. The van der Waals surface area contributed by atoms with Crippen molar-refractivity contribution >= 4 is 49.9 Å². The molecule has 0 unspecified atom stereocenters. The highest BCUT2D eigenvalue weighted by Gasteiger charge is 2.24. The van der Waals surface area contributed by atoms with Gasteiger partial charge in [-0.25, -0.2) is 9.97 Å². The molecule has 0 saturated carbocycles. The minimum absolute atomic E-state index is 0.287. The molecule has 3 aromatic carbocycles. The molecule has 164 valence electrons. The van der Waals surface area contributed by atoms with Crippen LogP contribution in [0.3, 0.4) is 0 Å². The third kappa shape index (κ3) is 3.89. The van der Waals surface area contributed by atoms with Gasteiger partial charge in [-0.1, -0.05) is 40.2 Å². The SMILES string of the molecule is COc1ccc(CNC(=O)c2c(N)n(-c3ccc(Br)cc3)c3nc4ccccc4nc23)cc1. The number of hydrogen-bond acceptors (Lipinski definition) is 5. The molecule has 0 aliphatic heterocycles. The number of para-hydroxylation sites is 2. The van der Waals surface area contributed by atoms with E-state index in [0.29, 0.717) is 28.8 Å². The first-order chi connectivity index (χ1) is 16.0. The molecule has 0 radical (unpaired) electrons. The highest BCUT2D eigenvalue weighted by Crippen LogP contribution is 2.31. The summed E-state index contributed by atoms with van der Waals surface area (Å²) in [6.07, 6.45) is 0. The van der Waals surface area contributed by atoms with Gasteiger partial charge >= 0.3 is 0 Å². The Hall–Kier alpha value is -3.91. The lowest BCUT2D eigenvalue weighted by Crippen LogP contribution is -2.24. The molecule has 3 N–H and O–H groups in total. The lowest BCUT2D eigenvalue weighted by atomic mass is 10.2. The van der Waals surface area contributed by atoms with Crippen molar-refractivity contribution in [2.75, 3.05) is 12.8 Å². The van der Waals surface area contributed by atoms with Crippen molar-refractivity contribution in [2.45, 2.75) is 6.54 Å². The van der Waals surface area contributed by atoms with Gasteiger partial charge in [-0.15, -0.1) is 0 Å². The Morgan fingerprint density at radius 1 is 1.00 bits per heavy atom. The molecule has 8 heteroatoms. The molecule has 0 aliphatic rings. The Labute approximate surface area is 198 Å². The second kappa shape index (κ2) is 8.55. The van der Waals surface area contributed by atoms with Gasteiger partial charge in [0.2, 0.25) is 0 Å². The smallest absolute Gasteiger partial charge is 0.257 e. The van der Waals surface area contributed by atoms with Gasteiger partial charge in [0.1, 0.15) is 22.6 Å². The molecule has 0 fully saturated rings. The average Bonchev–Trinajstić information content (AvgIpc) is 3.12. The van der Waals surface area contributed by atoms with Crippen LogP contribution in [0.2, 0.25) is 0 Å². The van der Waals surface area contributed by atoms with Crippen LogP contribution in [-0.4, -0.2) is 27.6 Å². The maximum atomic E-state index is 13.3. The van der Waals surface area contributed by atoms with E-state index in [-0.39, 0.29) is 11.7 Å². The Morgan fingerprint density at radius 2 is 1.67 bits per heavy atom. The van der Waals surface area contributed by atoms with E-state index in [0.717, 1.165) is 27.0 Å². The number of aromatic nitrogens is 3. The third-order valence-corrected chi connectivity index (χ3v) is 5.95. The molecule has 5 aromatic rings. The summed E-state index contributed by atoms with van der Waals surface area (Å²) in [5, 5.41) is 2.96. The van der Waals surface area contributed by atoms with Crippen LogP contribution in [0.5, 0.6) is 5.75 Å². The highest BCUT2D eigenvalue weighted by atomic mass is 79.9. The van der Waals surface area contributed by atoms with Crippen molar-refractivity contribution in [3.8, 4) is 11.4 Å². The van der Waals surface area contributed by atoms with Crippen LogP contribution in [0.1, 0.15) is 15.9 Å². The van der Waals surface area contributed by atoms with Crippen LogP contribution in [-0.2, 0) is 6.54 Å². The molecular weight excluding hydrogens is 482 g/mol. The van der Waals surface area contributed by atoms with Crippen molar-refractivity contribution in [3.63, 3.8) is 0 Å². The summed E-state index contributed by atoms with van der Waals surface area (Å²) in [5.74, 6) is 0.734. The Kier molecular flexibility index (Phi) is 5.43. The number of nitrogens with one attached hydrogen (secondary N) is 1. The Morgan fingerprint density at radius 3 is 2.33 bits per heavy atom. The second-order valence-corrected chi connectivity index (χ2v) is 8.40. The van der Waals surface area contributed by atoms with Crippen LogP contribution in [0, 0.1) is 0 Å². The number of anilines is 1. The van der Waals surface area contributed by atoms with E-state index in [2.05, 4.69) is 21.2 Å². The Bertz CT molecular complexity index is 1480. The number of benzene rings is 3. The largest absolute Gasteiger partial charge is 0.497 e. The van der Waals surface area contributed by atoms with E-state index < -0.39 is 0 Å². The number of rotatable bonds is 5. The fourth-order valence-corrected chi connectivity index (χ4v) is 4.02. The zero-order chi connectivity index (χ0) is 22.9. The van der Waals surface area contributed by atoms with Crippen LogP contribution < -0.4 is 15.8 Å². The quantitative estimate of drug-likeness (QED) is 0.358. The van der Waals surface area contributed by atoms with Gasteiger partial charge in [-0.3, -0.25) is 9.36 Å². The van der Waals surface area contributed by atoms with E-state index in [1.54, 1.807) is 11.7 Å². The molecule has 2 aromatic heterocycles. The number of hydrogen-bond donors (Lipinski definition) is 2. The van der Waals surface area contributed by atoms with Gasteiger partial charge in [-0.05, 0) is 54.1 Å². The number of carbonyl (C=O) groups excluding carboxylic acids is 1. The second-order valence-electron chi connectivity index (χ2n) is 7.49. The normalized spacial score (nSPS) is 11.1. The number of fused-ring (bicyclic) bond motifs is 2. The van der Waals surface area contributed by atoms with Crippen molar-refractivity contribution in [1.29, 1.82) is 0 Å². The molecule has 7 nitrogen and oxygen atoms in total. The number of carbonyl (C=O) groups is 1. The standard InChI is InChI=1S/C25H20BrN5O2/c1-33-18-12-6-15(7-13-18)14-28-25(32)21-22-24(30-20-5-3-2-4-19(20)29-22)31(23(21)27)17-10-8-16(26)9-11-17/h2-13H,14,27H2,1H3,(H,28,32). The fourth-order valence-electron chi connectivity index (χ4n) is 3.75. The zero-order valence-electron chi connectivity index (χ0n) is 17.7. The van der Waals surface area contributed by atoms with Crippen LogP contribution in [0.4, 0.5) is 5.82 Å². The number of nitrogens with zero attached hydrogens (tertiary/aromatic N) is 3. The minimum Gasteiger partial charge on any atom is -0.497 e. The van der Waals surface area contributed by atoms with Crippen LogP contribution >= 0.6 is 15.9 Å². The van der Waals surface area contributed by atoms with Gasteiger partial charge in [0, 0.05) is 16.7 Å². The predicted octanol–water partition coefficient (Wildman–Crippen LogP) is 4.86. The predicted molar refractivity (Wildman–Crippen MR) is 133 cm³/mol. The summed E-state index contributed by atoms with van der Waals surface area (Å²) >= 11 is 3.46. The average molecular weight is 502 g/mol. The summed E-state index contributed by atoms with van der Waals surface area (Å²) < 4.78 is 7.90. The van der Waals surface area contributed by atoms with Gasteiger partial charge in [-0.2, -0.15) is 0 Å². The van der Waals surface area contributed by atoms with E-state index in [4.69, 9.17) is 20.4 Å². The molecule has 0 saturated heterocycles. The maximum Gasteiger partial charge on any atom is 0.257 e. The lowest BCUT2D eigenvalue weighted by Gasteiger charge is -2.09. The molecule has 5 rings (SSSR count). The number of ether oxygens (including phenoxy) is 1. The summed E-state index contributed by atoms with van der Waals surface area (Å²) in [5.41, 5.74) is 11.0. The maximum absolute atomic E-state index is 13.3. The number of amides is 1. The van der Waals surface area contributed by atoms with E-state index in [1.165, 1.54) is 0 Å². The number of nitrogen functional groups attached to an aromatic ring is 1. The number of nitrogens with two attached hydrogens (primary N) is 1. The monoisotopic (exact) mass is 501 g/mol. The van der Waals surface area contributed by atoms with Gasteiger partial charge in [0.05, 0.1) is 18.1 Å². The van der Waals surface area contributed by atoms with Crippen molar-refractivity contribution in [2.24, 2.45) is 0 Å². The molecular formula is C25H20BrN5O2. The summed E-state index contributed by atoms with van der Waals surface area (Å²) in [7, 11) is 1.62. The molecule has 0 atom stereocenters. The minimum atomic E-state index is -0.311. The molecule has 0 bridgehead atoms. The molecule has 0 aliphatic carbocycles. The zero-order valence-corrected chi connectivity index (χ0v) is 19.3. The first-order valence-electron chi connectivity index (χ1n) is 10.3. The number of halogens is 1. The van der Waals surface area contributed by atoms with Crippen LogP contribution in [0.15, 0.2) is 77.3 Å². The topological polar surface area (TPSA) is 95.1 Å². The van der Waals surface area contributed by atoms with Crippen molar-refractivity contribution in [3.05, 3.63) is 88.4 Å². The molecule has 1 amide bonds. The third-order valence-electron chi connectivity index (χ3n) is 5.42. The van der Waals surface area contributed by atoms with E-state index in [9.17, 15) is 4.79 Å². The van der Waals surface area contributed by atoms with Crippen molar-refractivity contribution in [1.82, 2.24) is 19.9 Å². The van der Waals surface area contributed by atoms with E-state index >= 15 is 0 Å². The fraction of sp³-hybridized carbons (Fsp3) is 0.0800. The molecule has 2 heterocycles. The van der Waals surface area contributed by atoms with E-state index in [1.807, 2.05) is 72.8 Å². The number of methoxy groups -OCH3 is 1.